The van der Waals surface area contributed by atoms with Gasteiger partial charge in [0.2, 0.25) is 0 Å². The van der Waals surface area contributed by atoms with Gasteiger partial charge in [-0.1, -0.05) is 29.8 Å². The Bertz CT molecular complexity index is 738. The summed E-state index contributed by atoms with van der Waals surface area (Å²) < 4.78 is 0. The van der Waals surface area contributed by atoms with E-state index in [1.807, 2.05) is 43.3 Å². The zero-order valence-corrected chi connectivity index (χ0v) is 11.4. The number of nitrogens with zero attached hydrogens (tertiary/aromatic N) is 2. The van der Waals surface area contributed by atoms with E-state index < -0.39 is 11.5 Å². The summed E-state index contributed by atoms with van der Waals surface area (Å²) in [4.78, 5) is 0. The second-order valence-electron chi connectivity index (χ2n) is 4.53. The Labute approximate surface area is 122 Å². The summed E-state index contributed by atoms with van der Waals surface area (Å²) in [5.74, 6) is -0.931. The predicted octanol–water partition coefficient (Wildman–Crippen LogP) is 1.92. The first-order chi connectivity index (χ1) is 9.56. The van der Waals surface area contributed by atoms with Crippen molar-refractivity contribution >= 4 is 0 Å². The lowest BCUT2D eigenvalue weighted by Gasteiger charge is -2.10. The van der Waals surface area contributed by atoms with E-state index in [4.69, 9.17) is 10.5 Å². The van der Waals surface area contributed by atoms with E-state index in [0.717, 1.165) is 11.1 Å². The van der Waals surface area contributed by atoms with Crippen molar-refractivity contribution in [3.8, 4) is 23.6 Å². The van der Waals surface area contributed by atoms with Crippen LogP contribution in [0.5, 0.6) is 11.5 Å². The van der Waals surface area contributed by atoms with Gasteiger partial charge < -0.3 is 15.7 Å². The van der Waals surface area contributed by atoms with Crippen molar-refractivity contribution in [2.24, 2.45) is 0 Å². The third kappa shape index (κ3) is 3.11. The molecule has 21 heavy (non-hydrogen) atoms. The predicted molar refractivity (Wildman–Crippen MR) is 76.8 cm³/mol. The average Bonchev–Trinajstić information content (AvgIpc) is 2.45. The number of aryl methyl sites for hydroxylation is 1. The third-order valence-corrected chi connectivity index (χ3v) is 3.12. The van der Waals surface area contributed by atoms with Gasteiger partial charge in [-0.05, 0) is 18.1 Å². The summed E-state index contributed by atoms with van der Waals surface area (Å²) >= 11 is 0. The van der Waals surface area contributed by atoms with Crippen LogP contribution >= 0.6 is 0 Å². The second kappa shape index (κ2) is 6.42. The monoisotopic (exact) mass is 282 g/mol. The molecule has 2 rings (SSSR count). The van der Waals surface area contributed by atoms with Crippen molar-refractivity contribution in [1.82, 2.24) is 0 Å². The van der Waals surface area contributed by atoms with Gasteiger partial charge >= 0.3 is 0 Å². The molecule has 0 fully saturated rings. The molecule has 5 nitrogen and oxygen atoms in total. The quantitative estimate of drug-likeness (QED) is 0.817. The Morgan fingerprint density at radius 3 is 2.19 bits per heavy atom. The average molecular weight is 282 g/mol. The van der Waals surface area contributed by atoms with Gasteiger partial charge in [0.25, 0.3) is 0 Å². The van der Waals surface area contributed by atoms with Gasteiger partial charge in [0.05, 0.1) is 11.6 Å². The molecule has 2 aromatic carbocycles. The van der Waals surface area contributed by atoms with Crippen molar-refractivity contribution < 1.29 is 15.7 Å². The molecular weight excluding hydrogens is 268 g/mol. The molecule has 0 atom stereocenters. The Morgan fingerprint density at radius 2 is 1.67 bits per heavy atom. The number of aromatic hydroxyl groups is 2. The van der Waals surface area contributed by atoms with Crippen LogP contribution in [0.1, 0.15) is 27.8 Å². The van der Waals surface area contributed by atoms with Gasteiger partial charge in [0.1, 0.15) is 11.6 Å². The van der Waals surface area contributed by atoms with E-state index in [0.29, 0.717) is 12.0 Å². The zero-order valence-electron chi connectivity index (χ0n) is 11.4. The molecule has 0 heterocycles. The summed E-state index contributed by atoms with van der Waals surface area (Å²) in [6.07, 6.45) is 0.347. The van der Waals surface area contributed by atoms with Crippen molar-refractivity contribution in [2.75, 3.05) is 0 Å². The largest absolute Gasteiger partial charge is 0.504 e. The smallest absolute Gasteiger partial charge is 0.175 e. The maximum absolute atomic E-state index is 9.74. The van der Waals surface area contributed by atoms with Crippen LogP contribution in [0.4, 0.5) is 0 Å². The van der Waals surface area contributed by atoms with Gasteiger partial charge in [-0.2, -0.15) is 10.5 Å². The van der Waals surface area contributed by atoms with Crippen LogP contribution in [0.25, 0.3) is 0 Å². The highest BCUT2D eigenvalue weighted by atomic mass is 16.3. The lowest BCUT2D eigenvalue weighted by molar-refractivity contribution is 0.402. The van der Waals surface area contributed by atoms with Crippen LogP contribution in [-0.2, 0) is 6.42 Å². The molecule has 0 radical (unpaired) electrons. The number of benzene rings is 2. The highest BCUT2D eigenvalue weighted by Crippen LogP contribution is 2.34. The summed E-state index contributed by atoms with van der Waals surface area (Å²) in [6, 6.07) is 12.7. The molecular formula is C16H14N2O3. The molecule has 4 N–H and O–H groups in total. The van der Waals surface area contributed by atoms with Crippen LogP contribution < -0.4 is 0 Å². The molecule has 0 aliphatic carbocycles. The topological polar surface area (TPSA) is 120 Å². The normalized spacial score (nSPS) is 9.29. The molecule has 0 unspecified atom stereocenters. The van der Waals surface area contributed by atoms with E-state index in [1.165, 1.54) is 6.07 Å². The fraction of sp³-hybridized carbons (Fsp3) is 0.125. The molecule has 0 bridgehead atoms. The Balaban J connectivity index is 0.00000220. The molecule has 0 saturated carbocycles. The molecule has 5 heteroatoms. The molecule has 0 aromatic heterocycles. The van der Waals surface area contributed by atoms with Crippen molar-refractivity contribution in [3.05, 3.63) is 58.1 Å². The molecule has 2 aromatic rings. The van der Waals surface area contributed by atoms with Crippen molar-refractivity contribution in [2.45, 2.75) is 13.3 Å². The molecule has 0 spiro atoms. The summed E-state index contributed by atoms with van der Waals surface area (Å²) in [5, 5.41) is 37.5. The van der Waals surface area contributed by atoms with Crippen LogP contribution in [0, 0.1) is 29.6 Å². The Kier molecular flexibility index (Phi) is 4.91. The first-order valence-electron chi connectivity index (χ1n) is 6.00. The standard InChI is InChI=1S/C16H12N2O2.H2O/c1-10-2-4-11(5-3-10)6-13-12(8-17)7-15(19)16(20)14(13)9-18;/h2-5,7,19-20H,6H2,1H3;1H2. The van der Waals surface area contributed by atoms with Gasteiger partial charge in [-0.25, -0.2) is 0 Å². The van der Waals surface area contributed by atoms with Gasteiger partial charge in [-0.3, -0.25) is 0 Å². The highest BCUT2D eigenvalue weighted by Gasteiger charge is 2.17. The maximum atomic E-state index is 9.74. The number of phenols is 2. The summed E-state index contributed by atoms with van der Waals surface area (Å²) in [5.41, 5.74) is 2.60. The Morgan fingerprint density at radius 1 is 1.05 bits per heavy atom. The first kappa shape index (κ1) is 16.0. The third-order valence-electron chi connectivity index (χ3n) is 3.12. The fourth-order valence-electron chi connectivity index (χ4n) is 2.01. The van der Waals surface area contributed by atoms with E-state index in [-0.39, 0.29) is 16.6 Å². The fourth-order valence-corrected chi connectivity index (χ4v) is 2.01. The van der Waals surface area contributed by atoms with Crippen LogP contribution in [0.2, 0.25) is 0 Å². The maximum Gasteiger partial charge on any atom is 0.175 e. The number of hydrogen-bond donors (Lipinski definition) is 2. The second-order valence-corrected chi connectivity index (χ2v) is 4.53. The van der Waals surface area contributed by atoms with E-state index in [1.54, 1.807) is 0 Å². The van der Waals surface area contributed by atoms with E-state index >= 15 is 0 Å². The first-order valence-corrected chi connectivity index (χ1v) is 6.00. The Hall–Kier alpha value is -3.02. The SMILES string of the molecule is Cc1ccc(Cc2c(C#N)cc(O)c(O)c2C#N)cc1.O. The lowest BCUT2D eigenvalue weighted by Crippen LogP contribution is -1.98. The molecule has 0 aliphatic heterocycles. The van der Waals surface area contributed by atoms with E-state index in [2.05, 4.69) is 0 Å². The molecule has 0 aliphatic rings. The molecule has 0 saturated heterocycles. The number of nitriles is 2. The summed E-state index contributed by atoms with van der Waals surface area (Å²) in [7, 11) is 0. The minimum absolute atomic E-state index is 0. The van der Waals surface area contributed by atoms with E-state index in [9.17, 15) is 10.2 Å². The number of phenolic OH excluding ortho intramolecular Hbond substituents is 2. The zero-order chi connectivity index (χ0) is 14.7. The number of rotatable bonds is 2. The van der Waals surface area contributed by atoms with Crippen LogP contribution in [-0.4, -0.2) is 15.7 Å². The molecule has 106 valence electrons. The van der Waals surface area contributed by atoms with Crippen molar-refractivity contribution in [1.29, 1.82) is 10.5 Å². The van der Waals surface area contributed by atoms with Gasteiger partial charge in [0.15, 0.2) is 11.5 Å². The van der Waals surface area contributed by atoms with Gasteiger partial charge in [-0.15, -0.1) is 0 Å². The highest BCUT2D eigenvalue weighted by molar-refractivity contribution is 5.62. The van der Waals surface area contributed by atoms with Gasteiger partial charge in [0, 0.05) is 12.5 Å². The van der Waals surface area contributed by atoms with Crippen LogP contribution in [0.3, 0.4) is 0 Å². The minimum Gasteiger partial charge on any atom is -0.504 e. The lowest BCUT2D eigenvalue weighted by atomic mass is 9.94. The van der Waals surface area contributed by atoms with Crippen LogP contribution in [0.15, 0.2) is 30.3 Å². The minimum atomic E-state index is -0.478. The summed E-state index contributed by atoms with van der Waals surface area (Å²) in [6.45, 7) is 1.97. The molecule has 0 amide bonds. The number of hydrogen-bond acceptors (Lipinski definition) is 4. The van der Waals surface area contributed by atoms with Crippen molar-refractivity contribution in [3.63, 3.8) is 0 Å².